The molecule has 0 aliphatic carbocycles. The van der Waals surface area contributed by atoms with Crippen LogP contribution in [0.3, 0.4) is 0 Å². The van der Waals surface area contributed by atoms with Crippen molar-refractivity contribution in [2.45, 2.75) is 45.4 Å². The van der Waals surface area contributed by atoms with E-state index in [-0.39, 0.29) is 11.8 Å². The zero-order valence-corrected chi connectivity index (χ0v) is 20.3. The molecule has 2 aromatic rings. The first-order chi connectivity index (χ1) is 14.9. The van der Waals surface area contributed by atoms with Gasteiger partial charge in [0, 0.05) is 38.2 Å². The summed E-state index contributed by atoms with van der Waals surface area (Å²) >= 11 is 8.12. The van der Waals surface area contributed by atoms with E-state index in [0.717, 1.165) is 46.9 Å². The highest BCUT2D eigenvalue weighted by Gasteiger charge is 2.18. The normalized spacial score (nSPS) is 13.8. The Balaban J connectivity index is 0.000000267. The number of nitrogens with one attached hydrogen (secondary N) is 1. The molecule has 2 aromatic carbocycles. The number of carbonyl (C=O) groups excluding carboxylic acids is 1. The van der Waals surface area contributed by atoms with Crippen molar-refractivity contribution in [2.75, 3.05) is 6.54 Å². The smallest absolute Gasteiger partial charge is 0.226 e. The number of fused-ring (bicyclic) bond motifs is 1. The third-order valence-electron chi connectivity index (χ3n) is 4.92. The van der Waals surface area contributed by atoms with Crippen LogP contribution in [0, 0.1) is 5.92 Å². The monoisotopic (exact) mass is 454 g/mol. The number of thioether (sulfide) groups is 1. The Morgan fingerprint density at radius 3 is 2.45 bits per heavy atom. The van der Waals surface area contributed by atoms with Crippen molar-refractivity contribution < 1.29 is 4.79 Å². The highest BCUT2D eigenvalue weighted by Crippen LogP contribution is 2.36. The van der Waals surface area contributed by atoms with Crippen LogP contribution >= 0.6 is 23.4 Å². The largest absolute Gasteiger partial charge is 0.356 e. The van der Waals surface area contributed by atoms with Crippen molar-refractivity contribution in [3.63, 3.8) is 0 Å². The molecule has 1 unspecified atom stereocenters. The molecule has 0 saturated carbocycles. The summed E-state index contributed by atoms with van der Waals surface area (Å²) in [6, 6.07) is 16.2. The van der Waals surface area contributed by atoms with Gasteiger partial charge in [0.05, 0.1) is 11.6 Å². The maximum absolute atomic E-state index is 11.1. The number of aliphatic imine (C=N–C) groups is 1. The molecule has 3 nitrogen and oxygen atoms in total. The van der Waals surface area contributed by atoms with Gasteiger partial charge in [-0.3, -0.25) is 9.79 Å². The second kappa shape index (κ2) is 12.5. The number of halogens is 1. The zero-order chi connectivity index (χ0) is 22.8. The molecule has 3 rings (SSSR count). The molecule has 1 atom stereocenters. The molecule has 164 valence electrons. The van der Waals surface area contributed by atoms with Gasteiger partial charge in [-0.05, 0) is 32.4 Å². The molecular formula is C26H31ClN2OS. The number of amides is 1. The molecule has 0 aromatic heterocycles. The summed E-state index contributed by atoms with van der Waals surface area (Å²) in [6.07, 6.45) is 3.82. The molecule has 0 saturated heterocycles. The van der Waals surface area contributed by atoms with Crippen molar-refractivity contribution in [2.24, 2.45) is 10.9 Å². The van der Waals surface area contributed by atoms with Crippen molar-refractivity contribution in [1.29, 1.82) is 0 Å². The van der Waals surface area contributed by atoms with Gasteiger partial charge < -0.3 is 5.32 Å². The van der Waals surface area contributed by atoms with Gasteiger partial charge in [-0.1, -0.05) is 86.1 Å². The average molecular weight is 455 g/mol. The molecule has 31 heavy (non-hydrogen) atoms. The minimum absolute atomic E-state index is 0.0631. The fourth-order valence-corrected chi connectivity index (χ4v) is 3.98. The first kappa shape index (κ1) is 25.0. The third kappa shape index (κ3) is 7.12. The van der Waals surface area contributed by atoms with Crippen LogP contribution in [0.4, 0.5) is 0 Å². The topological polar surface area (TPSA) is 41.5 Å². The number of rotatable bonds is 6. The van der Waals surface area contributed by atoms with Gasteiger partial charge in [-0.2, -0.15) is 0 Å². The molecule has 5 heteroatoms. The fourth-order valence-electron chi connectivity index (χ4n) is 2.81. The highest BCUT2D eigenvalue weighted by atomic mass is 35.5. The van der Waals surface area contributed by atoms with Gasteiger partial charge >= 0.3 is 0 Å². The lowest BCUT2D eigenvalue weighted by atomic mass is 10.0. The molecular weight excluding hydrogens is 424 g/mol. The Hall–Kier alpha value is -2.30. The lowest BCUT2D eigenvalue weighted by Gasteiger charge is -2.10. The number of hydrogen-bond acceptors (Lipinski definition) is 3. The molecule has 1 amide bonds. The molecule has 0 fully saturated rings. The van der Waals surface area contributed by atoms with Gasteiger partial charge in [-0.15, -0.1) is 6.58 Å². The van der Waals surface area contributed by atoms with Crippen LogP contribution in [0.15, 0.2) is 81.7 Å². The van der Waals surface area contributed by atoms with Gasteiger partial charge in [0.25, 0.3) is 0 Å². The second-order valence-corrected chi connectivity index (χ2v) is 9.01. The summed E-state index contributed by atoms with van der Waals surface area (Å²) in [5, 5.41) is 3.56. The number of nitrogens with zero attached hydrogens (tertiary/aromatic N) is 1. The average Bonchev–Trinajstić information content (AvgIpc) is 2.90. The molecule has 1 heterocycles. The van der Waals surface area contributed by atoms with Crippen molar-refractivity contribution in [3.8, 4) is 0 Å². The van der Waals surface area contributed by atoms with E-state index in [0.29, 0.717) is 0 Å². The third-order valence-corrected chi connectivity index (χ3v) is 6.43. The maximum atomic E-state index is 11.1. The number of unbranched alkanes of at least 4 members (excludes halogenated alkanes) is 1. The van der Waals surface area contributed by atoms with E-state index in [1.165, 1.54) is 9.80 Å². The van der Waals surface area contributed by atoms with Crippen LogP contribution in [-0.2, 0) is 4.79 Å². The van der Waals surface area contributed by atoms with Gasteiger partial charge in [0.1, 0.15) is 0 Å². The Morgan fingerprint density at radius 1 is 1.16 bits per heavy atom. The van der Waals surface area contributed by atoms with E-state index in [4.69, 9.17) is 16.6 Å². The Labute approximate surface area is 195 Å². The van der Waals surface area contributed by atoms with Crippen molar-refractivity contribution >= 4 is 35.0 Å². The van der Waals surface area contributed by atoms with E-state index in [1.54, 1.807) is 17.8 Å². The van der Waals surface area contributed by atoms with Crippen LogP contribution in [0.25, 0.3) is 0 Å². The SMILES string of the molecule is C=CC(C)C(=O)NCCCC.CC1=C(C)Sc2ccccc2C(c2ccccc2Cl)=N1. The summed E-state index contributed by atoms with van der Waals surface area (Å²) < 4.78 is 0. The van der Waals surface area contributed by atoms with E-state index in [1.807, 2.05) is 44.2 Å². The first-order valence-corrected chi connectivity index (χ1v) is 11.8. The number of carbonyl (C=O) groups is 1. The maximum Gasteiger partial charge on any atom is 0.226 e. The molecule has 1 aliphatic rings. The minimum atomic E-state index is -0.0631. The van der Waals surface area contributed by atoms with E-state index >= 15 is 0 Å². The molecule has 0 radical (unpaired) electrons. The lowest BCUT2D eigenvalue weighted by molar-refractivity contribution is -0.123. The Kier molecular flexibility index (Phi) is 10.1. The van der Waals surface area contributed by atoms with Crippen LogP contribution in [0.2, 0.25) is 5.02 Å². The van der Waals surface area contributed by atoms with Crippen LogP contribution in [0.1, 0.15) is 51.7 Å². The fraction of sp³-hybridized carbons (Fsp3) is 0.308. The van der Waals surface area contributed by atoms with Crippen molar-refractivity contribution in [1.82, 2.24) is 5.32 Å². The predicted octanol–water partition coefficient (Wildman–Crippen LogP) is 7.26. The van der Waals surface area contributed by atoms with Crippen LogP contribution < -0.4 is 5.32 Å². The van der Waals surface area contributed by atoms with E-state index in [9.17, 15) is 4.79 Å². The van der Waals surface area contributed by atoms with Crippen LogP contribution in [0.5, 0.6) is 0 Å². The predicted molar refractivity (Wildman–Crippen MR) is 135 cm³/mol. The quantitative estimate of drug-likeness (QED) is 0.368. The molecule has 0 bridgehead atoms. The minimum Gasteiger partial charge on any atom is -0.356 e. The lowest BCUT2D eigenvalue weighted by Crippen LogP contribution is -2.28. The molecule has 1 N–H and O–H groups in total. The number of benzene rings is 2. The summed E-state index contributed by atoms with van der Waals surface area (Å²) in [5.74, 6) is 0.0142. The molecule has 0 spiro atoms. The van der Waals surface area contributed by atoms with Gasteiger partial charge in [0.2, 0.25) is 5.91 Å². The molecule has 1 aliphatic heterocycles. The zero-order valence-electron chi connectivity index (χ0n) is 18.7. The first-order valence-electron chi connectivity index (χ1n) is 10.6. The summed E-state index contributed by atoms with van der Waals surface area (Å²) in [4.78, 5) is 18.3. The van der Waals surface area contributed by atoms with E-state index in [2.05, 4.69) is 43.9 Å². The second-order valence-electron chi connectivity index (χ2n) is 7.35. The van der Waals surface area contributed by atoms with Crippen molar-refractivity contribution in [3.05, 3.63) is 87.9 Å². The van der Waals surface area contributed by atoms with Crippen LogP contribution in [-0.4, -0.2) is 18.2 Å². The standard InChI is InChI=1S/C17H14ClNS.C9H17NO/c1-11-12(2)20-16-10-6-4-8-14(16)17(19-11)13-7-3-5-9-15(13)18;1-4-6-7-10-9(11)8(3)5-2/h3-10H,1-2H3;5,8H,2,4,6-7H2,1,3H3,(H,10,11). The van der Waals surface area contributed by atoms with Gasteiger partial charge in [0.15, 0.2) is 0 Å². The van der Waals surface area contributed by atoms with Gasteiger partial charge in [-0.25, -0.2) is 0 Å². The summed E-state index contributed by atoms with van der Waals surface area (Å²) in [7, 11) is 0. The number of allylic oxidation sites excluding steroid dienone is 2. The highest BCUT2D eigenvalue weighted by molar-refractivity contribution is 8.03. The number of hydrogen-bond donors (Lipinski definition) is 1. The van der Waals surface area contributed by atoms with E-state index < -0.39 is 0 Å². The Morgan fingerprint density at radius 2 is 1.81 bits per heavy atom. The summed E-state index contributed by atoms with van der Waals surface area (Å²) in [5.41, 5.74) is 4.12. The summed E-state index contributed by atoms with van der Waals surface area (Å²) in [6.45, 7) is 12.4. The Bertz CT molecular complexity index is 981.